The second kappa shape index (κ2) is 6.77. The van der Waals surface area contributed by atoms with Crippen LogP contribution in [0.5, 0.6) is 0 Å². The number of carbonyl (C=O) groups excluding carboxylic acids is 2. The van der Waals surface area contributed by atoms with Gasteiger partial charge in [0.15, 0.2) is 0 Å². The van der Waals surface area contributed by atoms with Gasteiger partial charge in [-0.1, -0.05) is 25.1 Å². The largest absolute Gasteiger partial charge is 0.379 e. The Morgan fingerprint density at radius 1 is 1.20 bits per heavy atom. The normalized spacial score (nSPS) is 30.0. The van der Waals surface area contributed by atoms with Crippen LogP contribution in [0.2, 0.25) is 0 Å². The van der Waals surface area contributed by atoms with Crippen molar-refractivity contribution in [2.75, 3.05) is 44.7 Å². The van der Waals surface area contributed by atoms with E-state index in [-0.39, 0.29) is 24.2 Å². The van der Waals surface area contributed by atoms with Crippen LogP contribution in [0.15, 0.2) is 24.3 Å². The Morgan fingerprint density at radius 3 is 2.76 bits per heavy atom. The molecule has 0 unspecified atom stereocenters. The molecule has 0 bridgehead atoms. The maximum atomic E-state index is 13.2. The first-order valence-electron chi connectivity index (χ1n) is 9.13. The van der Waals surface area contributed by atoms with Crippen LogP contribution in [-0.2, 0) is 14.3 Å². The topological polar surface area (TPSA) is 61.9 Å². The molecule has 2 saturated heterocycles. The monoisotopic (exact) mass is 343 g/mol. The number of fused-ring (bicyclic) bond motifs is 1. The number of carbonyl (C=O) groups is 2. The molecule has 3 aliphatic heterocycles. The molecule has 6 heteroatoms. The number of benzene rings is 1. The summed E-state index contributed by atoms with van der Waals surface area (Å²) in [5, 5.41) is 2.87. The molecule has 1 aromatic rings. The highest BCUT2D eigenvalue weighted by Crippen LogP contribution is 2.35. The summed E-state index contributed by atoms with van der Waals surface area (Å²) in [6.07, 6.45) is 0.239. The first-order valence-corrected chi connectivity index (χ1v) is 9.13. The van der Waals surface area contributed by atoms with Gasteiger partial charge in [0.25, 0.3) is 0 Å². The Balaban J connectivity index is 1.51. The van der Waals surface area contributed by atoms with Crippen LogP contribution in [0.1, 0.15) is 24.8 Å². The van der Waals surface area contributed by atoms with Gasteiger partial charge in [0.05, 0.1) is 19.1 Å². The number of hydrogen-bond acceptors (Lipinski definition) is 4. The van der Waals surface area contributed by atoms with E-state index < -0.39 is 0 Å². The number of ether oxygens (including phenoxy) is 1. The number of hydrogen-bond donors (Lipinski definition) is 1. The molecule has 0 aromatic heterocycles. The Hall–Kier alpha value is -1.92. The van der Waals surface area contributed by atoms with Gasteiger partial charge in [-0.2, -0.15) is 0 Å². The Morgan fingerprint density at radius 2 is 1.96 bits per heavy atom. The minimum absolute atomic E-state index is 0.0750. The predicted molar refractivity (Wildman–Crippen MR) is 94.4 cm³/mol. The van der Waals surface area contributed by atoms with E-state index in [2.05, 4.69) is 17.1 Å². The summed E-state index contributed by atoms with van der Waals surface area (Å²) in [5.74, 6) is 0.0919. The van der Waals surface area contributed by atoms with Crippen LogP contribution in [0.3, 0.4) is 0 Å². The second-order valence-electron chi connectivity index (χ2n) is 7.33. The molecule has 25 heavy (non-hydrogen) atoms. The van der Waals surface area contributed by atoms with Crippen molar-refractivity contribution in [3.8, 4) is 0 Å². The summed E-state index contributed by atoms with van der Waals surface area (Å²) < 4.78 is 5.45. The molecule has 0 aliphatic carbocycles. The van der Waals surface area contributed by atoms with Crippen LogP contribution < -0.4 is 5.32 Å². The summed E-state index contributed by atoms with van der Waals surface area (Å²) in [4.78, 5) is 29.6. The van der Waals surface area contributed by atoms with Gasteiger partial charge in [-0.3, -0.25) is 14.5 Å². The van der Waals surface area contributed by atoms with Crippen molar-refractivity contribution in [2.24, 2.45) is 5.92 Å². The molecule has 2 amide bonds. The van der Waals surface area contributed by atoms with E-state index in [1.807, 2.05) is 29.2 Å². The molecule has 3 aliphatic rings. The number of anilines is 1. The quantitative estimate of drug-likeness (QED) is 0.879. The number of likely N-dealkylation sites (tertiary alicyclic amines) is 1. The highest BCUT2D eigenvalue weighted by molar-refractivity contribution is 6.01. The average molecular weight is 343 g/mol. The van der Waals surface area contributed by atoms with Crippen LogP contribution >= 0.6 is 0 Å². The summed E-state index contributed by atoms with van der Waals surface area (Å²) >= 11 is 0. The third-order valence-corrected chi connectivity index (χ3v) is 5.70. The fourth-order valence-corrected chi connectivity index (χ4v) is 4.37. The number of morpholine rings is 1. The maximum Gasteiger partial charge on any atom is 0.230 e. The lowest BCUT2D eigenvalue weighted by atomic mass is 9.89. The van der Waals surface area contributed by atoms with Crippen molar-refractivity contribution in [1.29, 1.82) is 0 Å². The number of nitrogens with zero attached hydrogens (tertiary/aromatic N) is 2. The summed E-state index contributed by atoms with van der Waals surface area (Å²) in [5.41, 5.74) is 1.71. The highest BCUT2D eigenvalue weighted by Gasteiger charge is 2.40. The number of nitrogens with one attached hydrogen (secondary N) is 1. The lowest BCUT2D eigenvalue weighted by molar-refractivity contribution is -0.134. The maximum absolute atomic E-state index is 13.2. The molecule has 0 spiro atoms. The first-order chi connectivity index (χ1) is 12.1. The molecule has 3 atom stereocenters. The molecule has 4 rings (SSSR count). The van der Waals surface area contributed by atoms with E-state index >= 15 is 0 Å². The van der Waals surface area contributed by atoms with Crippen LogP contribution in [0.4, 0.5) is 5.69 Å². The van der Waals surface area contributed by atoms with Crippen molar-refractivity contribution in [3.05, 3.63) is 29.8 Å². The molecule has 2 fully saturated rings. The minimum Gasteiger partial charge on any atom is -0.379 e. The van der Waals surface area contributed by atoms with Gasteiger partial charge in [0, 0.05) is 44.3 Å². The average Bonchev–Trinajstić information content (AvgIpc) is 3.03. The molecule has 0 radical (unpaired) electrons. The molecule has 134 valence electrons. The van der Waals surface area contributed by atoms with Crippen LogP contribution in [-0.4, -0.2) is 67.0 Å². The third kappa shape index (κ3) is 3.16. The lowest BCUT2D eigenvalue weighted by Gasteiger charge is -2.34. The third-order valence-electron chi connectivity index (χ3n) is 5.70. The number of para-hydroxylation sites is 1. The van der Waals surface area contributed by atoms with Gasteiger partial charge in [-0.15, -0.1) is 0 Å². The van der Waals surface area contributed by atoms with E-state index in [9.17, 15) is 9.59 Å². The lowest BCUT2D eigenvalue weighted by Crippen LogP contribution is -2.47. The molecular weight excluding hydrogens is 318 g/mol. The zero-order valence-corrected chi connectivity index (χ0v) is 14.6. The Labute approximate surface area is 148 Å². The summed E-state index contributed by atoms with van der Waals surface area (Å²) in [7, 11) is 0. The Bertz CT molecular complexity index is 672. The van der Waals surface area contributed by atoms with Gasteiger partial charge in [-0.25, -0.2) is 0 Å². The standard InChI is InChI=1S/C19H25N3O3/c1-13-11-22(12-17(13)21-6-8-25-9-7-21)19(24)15-10-18(23)20-16-5-3-2-4-14(15)16/h2-5,13,15,17H,6-12H2,1H3,(H,20,23)/t13-,15+,17-/m1/s1. The molecule has 1 N–H and O–H groups in total. The fourth-order valence-electron chi connectivity index (χ4n) is 4.37. The van der Waals surface area contributed by atoms with Crippen molar-refractivity contribution < 1.29 is 14.3 Å². The van der Waals surface area contributed by atoms with Crippen LogP contribution in [0.25, 0.3) is 0 Å². The number of rotatable bonds is 2. The van der Waals surface area contributed by atoms with Gasteiger partial charge in [0.1, 0.15) is 0 Å². The van der Waals surface area contributed by atoms with Crippen molar-refractivity contribution in [3.63, 3.8) is 0 Å². The zero-order chi connectivity index (χ0) is 17.4. The second-order valence-corrected chi connectivity index (χ2v) is 7.33. The highest BCUT2D eigenvalue weighted by atomic mass is 16.5. The van der Waals surface area contributed by atoms with E-state index in [0.29, 0.717) is 12.0 Å². The number of amides is 2. The minimum atomic E-state index is -0.361. The fraction of sp³-hybridized carbons (Fsp3) is 0.579. The van der Waals surface area contributed by atoms with E-state index in [1.165, 1.54) is 0 Å². The Kier molecular flexibility index (Phi) is 4.48. The first kappa shape index (κ1) is 16.5. The van der Waals surface area contributed by atoms with E-state index in [4.69, 9.17) is 4.74 Å². The predicted octanol–water partition coefficient (Wildman–Crippen LogP) is 1.29. The summed E-state index contributed by atoms with van der Waals surface area (Å²) in [6.45, 7) is 7.15. The molecular formula is C19H25N3O3. The van der Waals surface area contributed by atoms with Gasteiger partial charge < -0.3 is 15.0 Å². The van der Waals surface area contributed by atoms with Crippen molar-refractivity contribution >= 4 is 17.5 Å². The van der Waals surface area contributed by atoms with Crippen molar-refractivity contribution in [1.82, 2.24) is 9.80 Å². The van der Waals surface area contributed by atoms with Gasteiger partial charge >= 0.3 is 0 Å². The van der Waals surface area contributed by atoms with Gasteiger partial charge in [0.2, 0.25) is 11.8 Å². The van der Waals surface area contributed by atoms with Crippen molar-refractivity contribution in [2.45, 2.75) is 25.3 Å². The van der Waals surface area contributed by atoms with E-state index in [1.54, 1.807) is 0 Å². The molecule has 3 heterocycles. The van der Waals surface area contributed by atoms with Gasteiger partial charge in [-0.05, 0) is 17.5 Å². The molecule has 0 saturated carbocycles. The van der Waals surface area contributed by atoms with Crippen LogP contribution in [0, 0.1) is 5.92 Å². The molecule has 1 aromatic carbocycles. The molecule has 6 nitrogen and oxygen atoms in total. The van der Waals surface area contributed by atoms with E-state index in [0.717, 1.165) is 50.6 Å². The summed E-state index contributed by atoms with van der Waals surface area (Å²) in [6, 6.07) is 8.03. The SMILES string of the molecule is C[C@@H]1CN(C(=O)[C@H]2CC(=O)Nc3ccccc32)C[C@H]1N1CCOCC1. The zero-order valence-electron chi connectivity index (χ0n) is 14.6. The smallest absolute Gasteiger partial charge is 0.230 e.